The first-order chi connectivity index (χ1) is 9.96. The molecule has 1 atom stereocenters. The molecule has 5 heteroatoms. The van der Waals surface area contributed by atoms with E-state index in [1.165, 1.54) is 0 Å². The van der Waals surface area contributed by atoms with Crippen molar-refractivity contribution in [2.45, 2.75) is 64.8 Å². The molecule has 1 aliphatic carbocycles. The molecule has 1 unspecified atom stereocenters. The number of urea groups is 1. The van der Waals surface area contributed by atoms with E-state index in [4.69, 9.17) is 0 Å². The van der Waals surface area contributed by atoms with Crippen LogP contribution in [0, 0.1) is 11.3 Å². The summed E-state index contributed by atoms with van der Waals surface area (Å²) in [4.78, 5) is 25.9. The number of hydrogen-bond acceptors (Lipinski definition) is 2. The van der Waals surface area contributed by atoms with Gasteiger partial charge in [0, 0.05) is 19.1 Å². The van der Waals surface area contributed by atoms with Gasteiger partial charge in [-0.2, -0.15) is 0 Å². The molecule has 1 aliphatic heterocycles. The molecule has 0 aromatic carbocycles. The number of carbonyl (C=O) groups excluding carboxylic acids is 1. The standard InChI is InChI=1S/C16H28N2O3/c1-12(2)13-7-6-10-18(13)15(21)17-11-16(14(19)20)8-4-3-5-9-16/h12-13H,3-11H2,1-2H3,(H,17,21)(H,19,20). The van der Waals surface area contributed by atoms with E-state index in [0.717, 1.165) is 38.6 Å². The van der Waals surface area contributed by atoms with Crippen LogP contribution in [0.25, 0.3) is 0 Å². The first-order valence-electron chi connectivity index (χ1n) is 8.24. The van der Waals surface area contributed by atoms with Crippen molar-refractivity contribution < 1.29 is 14.7 Å². The summed E-state index contributed by atoms with van der Waals surface area (Å²) in [5.74, 6) is -0.314. The van der Waals surface area contributed by atoms with Gasteiger partial charge in [-0.25, -0.2) is 4.79 Å². The topological polar surface area (TPSA) is 69.6 Å². The molecule has 2 rings (SSSR count). The third-order valence-corrected chi connectivity index (χ3v) is 5.17. The quantitative estimate of drug-likeness (QED) is 0.838. The molecule has 2 fully saturated rings. The van der Waals surface area contributed by atoms with Crippen LogP contribution in [0.1, 0.15) is 58.8 Å². The molecular formula is C16H28N2O3. The summed E-state index contributed by atoms with van der Waals surface area (Å²) < 4.78 is 0. The smallest absolute Gasteiger partial charge is 0.317 e. The zero-order valence-corrected chi connectivity index (χ0v) is 13.2. The number of carboxylic acid groups (broad SMARTS) is 1. The zero-order chi connectivity index (χ0) is 15.5. The Morgan fingerprint density at radius 3 is 2.48 bits per heavy atom. The highest BCUT2D eigenvalue weighted by molar-refractivity contribution is 5.78. The predicted molar refractivity (Wildman–Crippen MR) is 81.1 cm³/mol. The molecule has 1 heterocycles. The Morgan fingerprint density at radius 2 is 1.90 bits per heavy atom. The highest BCUT2D eigenvalue weighted by Gasteiger charge is 2.40. The fourth-order valence-corrected chi connectivity index (χ4v) is 3.78. The molecule has 0 aromatic heterocycles. The fourth-order valence-electron chi connectivity index (χ4n) is 3.78. The van der Waals surface area contributed by atoms with E-state index in [2.05, 4.69) is 19.2 Å². The van der Waals surface area contributed by atoms with Crippen LogP contribution in [-0.2, 0) is 4.79 Å². The van der Waals surface area contributed by atoms with E-state index in [1.54, 1.807) is 0 Å². The molecule has 2 amide bonds. The van der Waals surface area contributed by atoms with E-state index in [9.17, 15) is 14.7 Å². The van der Waals surface area contributed by atoms with Gasteiger partial charge in [0.25, 0.3) is 0 Å². The first kappa shape index (κ1) is 16.1. The third-order valence-electron chi connectivity index (χ3n) is 5.17. The van der Waals surface area contributed by atoms with Crippen LogP contribution in [0.3, 0.4) is 0 Å². The molecule has 0 aromatic rings. The number of aliphatic carboxylic acids is 1. The Hall–Kier alpha value is -1.26. The van der Waals surface area contributed by atoms with Crippen LogP contribution < -0.4 is 5.32 Å². The SMILES string of the molecule is CC(C)C1CCCN1C(=O)NCC1(C(=O)O)CCCCC1. The Kier molecular flexibility index (Phi) is 5.12. The van der Waals surface area contributed by atoms with Crippen molar-refractivity contribution in [1.29, 1.82) is 0 Å². The lowest BCUT2D eigenvalue weighted by molar-refractivity contribution is -0.150. The van der Waals surface area contributed by atoms with Gasteiger partial charge in [0.05, 0.1) is 5.41 Å². The van der Waals surface area contributed by atoms with Gasteiger partial charge >= 0.3 is 12.0 Å². The summed E-state index contributed by atoms with van der Waals surface area (Å²) in [7, 11) is 0. The Bertz CT molecular complexity index is 389. The van der Waals surface area contributed by atoms with Gasteiger partial charge in [-0.1, -0.05) is 33.1 Å². The van der Waals surface area contributed by atoms with Crippen LogP contribution in [0.15, 0.2) is 0 Å². The van der Waals surface area contributed by atoms with Gasteiger partial charge in [-0.3, -0.25) is 4.79 Å². The summed E-state index contributed by atoms with van der Waals surface area (Å²) >= 11 is 0. The zero-order valence-electron chi connectivity index (χ0n) is 13.2. The molecule has 2 aliphatic rings. The average molecular weight is 296 g/mol. The number of carbonyl (C=O) groups is 2. The van der Waals surface area contributed by atoms with Crippen LogP contribution in [0.4, 0.5) is 4.79 Å². The highest BCUT2D eigenvalue weighted by atomic mass is 16.4. The summed E-state index contributed by atoms with van der Waals surface area (Å²) in [5, 5.41) is 12.4. The van der Waals surface area contributed by atoms with Crippen molar-refractivity contribution in [3.8, 4) is 0 Å². The summed E-state index contributed by atoms with van der Waals surface area (Å²) in [6.45, 7) is 5.32. The van der Waals surface area contributed by atoms with Gasteiger partial charge in [0.2, 0.25) is 0 Å². The minimum absolute atomic E-state index is 0.0857. The van der Waals surface area contributed by atoms with E-state index in [-0.39, 0.29) is 18.6 Å². The van der Waals surface area contributed by atoms with Gasteiger partial charge in [-0.05, 0) is 31.6 Å². The van der Waals surface area contributed by atoms with Crippen molar-refractivity contribution in [3.63, 3.8) is 0 Å². The van der Waals surface area contributed by atoms with Crippen LogP contribution >= 0.6 is 0 Å². The summed E-state index contributed by atoms with van der Waals surface area (Å²) in [5.41, 5.74) is -0.749. The number of likely N-dealkylation sites (tertiary alicyclic amines) is 1. The predicted octanol–water partition coefficient (Wildman–Crippen LogP) is 2.85. The van der Waals surface area contributed by atoms with Crippen LogP contribution in [0.5, 0.6) is 0 Å². The van der Waals surface area contributed by atoms with Gasteiger partial charge in [-0.15, -0.1) is 0 Å². The number of amides is 2. The third kappa shape index (κ3) is 3.50. The monoisotopic (exact) mass is 296 g/mol. The lowest BCUT2D eigenvalue weighted by Crippen LogP contribution is -2.50. The van der Waals surface area contributed by atoms with Gasteiger partial charge in [0.15, 0.2) is 0 Å². The minimum Gasteiger partial charge on any atom is -0.481 e. The minimum atomic E-state index is -0.760. The second-order valence-corrected chi connectivity index (χ2v) is 6.95. The van der Waals surface area contributed by atoms with E-state index in [1.807, 2.05) is 4.90 Å². The molecule has 5 nitrogen and oxygen atoms in total. The molecule has 0 spiro atoms. The van der Waals surface area contributed by atoms with Crippen molar-refractivity contribution in [2.75, 3.05) is 13.1 Å². The molecule has 0 radical (unpaired) electrons. The maximum Gasteiger partial charge on any atom is 0.317 e. The van der Waals surface area contributed by atoms with Crippen molar-refractivity contribution in [2.24, 2.45) is 11.3 Å². The molecule has 21 heavy (non-hydrogen) atoms. The second-order valence-electron chi connectivity index (χ2n) is 6.95. The molecule has 2 N–H and O–H groups in total. The second kappa shape index (κ2) is 6.67. The van der Waals surface area contributed by atoms with Gasteiger partial charge < -0.3 is 15.3 Å². The lowest BCUT2D eigenvalue weighted by atomic mass is 9.74. The number of nitrogens with one attached hydrogen (secondary N) is 1. The Balaban J connectivity index is 1.94. The van der Waals surface area contributed by atoms with Crippen LogP contribution in [0.2, 0.25) is 0 Å². The normalized spacial score (nSPS) is 25.1. The van der Waals surface area contributed by atoms with Crippen molar-refractivity contribution in [3.05, 3.63) is 0 Å². The summed E-state index contributed by atoms with van der Waals surface area (Å²) in [6.07, 6.45) is 6.44. The van der Waals surface area contributed by atoms with E-state index in [0.29, 0.717) is 18.8 Å². The number of nitrogens with zero attached hydrogens (tertiary/aromatic N) is 1. The molecule has 1 saturated carbocycles. The van der Waals surface area contributed by atoms with E-state index >= 15 is 0 Å². The van der Waals surface area contributed by atoms with Crippen molar-refractivity contribution in [1.82, 2.24) is 10.2 Å². The number of hydrogen-bond donors (Lipinski definition) is 2. The molecular weight excluding hydrogens is 268 g/mol. The first-order valence-corrected chi connectivity index (χ1v) is 8.24. The van der Waals surface area contributed by atoms with E-state index < -0.39 is 11.4 Å². The maximum atomic E-state index is 12.4. The molecule has 120 valence electrons. The fraction of sp³-hybridized carbons (Fsp3) is 0.875. The largest absolute Gasteiger partial charge is 0.481 e. The lowest BCUT2D eigenvalue weighted by Gasteiger charge is -2.35. The Labute approximate surface area is 127 Å². The van der Waals surface area contributed by atoms with Gasteiger partial charge in [0.1, 0.15) is 0 Å². The van der Waals surface area contributed by atoms with Crippen molar-refractivity contribution >= 4 is 12.0 Å². The average Bonchev–Trinajstić information content (AvgIpc) is 2.95. The summed E-state index contributed by atoms with van der Waals surface area (Å²) in [6, 6.07) is 0.203. The number of rotatable bonds is 4. The molecule has 0 bridgehead atoms. The maximum absolute atomic E-state index is 12.4. The highest BCUT2D eigenvalue weighted by Crippen LogP contribution is 2.36. The number of carboxylic acids is 1. The molecule has 1 saturated heterocycles. The van der Waals surface area contributed by atoms with Crippen LogP contribution in [-0.4, -0.2) is 41.1 Å². The Morgan fingerprint density at radius 1 is 1.24 bits per heavy atom.